The van der Waals surface area contributed by atoms with Crippen molar-refractivity contribution in [3.63, 3.8) is 0 Å². The topological polar surface area (TPSA) is 105 Å². The van der Waals surface area contributed by atoms with Crippen molar-refractivity contribution in [3.8, 4) is 12.1 Å². The number of halogens is 1. The van der Waals surface area contributed by atoms with E-state index in [4.69, 9.17) is 22.1 Å². The number of aromatic nitrogens is 2. The van der Waals surface area contributed by atoms with E-state index in [-0.39, 0.29) is 23.2 Å². The summed E-state index contributed by atoms with van der Waals surface area (Å²) in [5, 5.41) is 20.3. The molecule has 0 bridgehead atoms. The number of aromatic amines is 1. The third-order valence-corrected chi connectivity index (χ3v) is 4.29. The van der Waals surface area contributed by atoms with Crippen LogP contribution >= 0.6 is 23.4 Å². The molecule has 2 rings (SSSR count). The summed E-state index contributed by atoms with van der Waals surface area (Å²) >= 11 is 7.36. The van der Waals surface area contributed by atoms with Crippen LogP contribution in [-0.2, 0) is 4.79 Å². The molecule has 22 heavy (non-hydrogen) atoms. The lowest BCUT2D eigenvalue weighted by Gasteiger charge is -2.11. The maximum absolute atomic E-state index is 12.1. The van der Waals surface area contributed by atoms with Gasteiger partial charge in [-0.1, -0.05) is 23.7 Å². The molecule has 0 saturated carbocycles. The summed E-state index contributed by atoms with van der Waals surface area (Å²) in [6.07, 6.45) is 0. The number of hydrogen-bond acceptors (Lipinski definition) is 5. The van der Waals surface area contributed by atoms with E-state index in [9.17, 15) is 4.79 Å². The number of H-pyrrole nitrogens is 1. The standard InChI is InChI=1S/C14H10ClN5OS/c1-8(22-12-5-3-2-4-9(12)15)13(21)20-14-18-10(6-16)11(7-17)19-14/h2-5,8H,1H3,(H2,18,19,20,21). The third kappa shape index (κ3) is 3.59. The zero-order chi connectivity index (χ0) is 16.1. The van der Waals surface area contributed by atoms with Gasteiger partial charge in [0.05, 0.1) is 10.3 Å². The van der Waals surface area contributed by atoms with Crippen LogP contribution in [0.1, 0.15) is 18.3 Å². The van der Waals surface area contributed by atoms with Crippen LogP contribution in [-0.4, -0.2) is 21.1 Å². The number of benzene rings is 1. The fourth-order valence-corrected chi connectivity index (χ4v) is 2.75. The highest BCUT2D eigenvalue weighted by Gasteiger charge is 2.18. The van der Waals surface area contributed by atoms with Crippen LogP contribution in [0.3, 0.4) is 0 Å². The Hall–Kier alpha value is -2.48. The molecule has 1 atom stereocenters. The van der Waals surface area contributed by atoms with Gasteiger partial charge in [0.15, 0.2) is 11.4 Å². The summed E-state index contributed by atoms with van der Waals surface area (Å²) in [4.78, 5) is 19.3. The Labute approximate surface area is 136 Å². The predicted molar refractivity (Wildman–Crippen MR) is 83.4 cm³/mol. The highest BCUT2D eigenvalue weighted by molar-refractivity contribution is 8.00. The summed E-state index contributed by atoms with van der Waals surface area (Å²) < 4.78 is 0. The van der Waals surface area contributed by atoms with E-state index in [2.05, 4.69) is 15.3 Å². The van der Waals surface area contributed by atoms with E-state index in [1.807, 2.05) is 18.2 Å². The molecule has 1 aromatic carbocycles. The van der Waals surface area contributed by atoms with Gasteiger partial charge in [0, 0.05) is 4.90 Å². The Morgan fingerprint density at radius 3 is 2.73 bits per heavy atom. The number of nitrogens with zero attached hydrogens (tertiary/aromatic N) is 3. The lowest BCUT2D eigenvalue weighted by atomic mass is 10.4. The summed E-state index contributed by atoms with van der Waals surface area (Å²) in [5.41, 5.74) is -0.0339. The normalized spacial score (nSPS) is 11.3. The average Bonchev–Trinajstić information content (AvgIpc) is 2.91. The number of nitrogens with one attached hydrogen (secondary N) is 2. The maximum Gasteiger partial charge on any atom is 0.239 e. The van der Waals surface area contributed by atoms with Gasteiger partial charge in [0.2, 0.25) is 11.9 Å². The van der Waals surface area contributed by atoms with Crippen molar-refractivity contribution in [2.24, 2.45) is 0 Å². The first-order valence-corrected chi connectivity index (χ1v) is 7.43. The number of imidazole rings is 1. The van der Waals surface area contributed by atoms with Gasteiger partial charge in [0.1, 0.15) is 12.1 Å². The highest BCUT2D eigenvalue weighted by Crippen LogP contribution is 2.30. The van der Waals surface area contributed by atoms with Crippen LogP contribution in [0, 0.1) is 22.7 Å². The van der Waals surface area contributed by atoms with Gasteiger partial charge >= 0.3 is 0 Å². The summed E-state index contributed by atoms with van der Waals surface area (Å²) in [7, 11) is 0. The second kappa shape index (κ2) is 6.99. The molecule has 1 heterocycles. The van der Waals surface area contributed by atoms with Crippen LogP contribution in [0.25, 0.3) is 0 Å². The molecular formula is C14H10ClN5OS. The molecule has 0 radical (unpaired) electrons. The zero-order valence-electron chi connectivity index (χ0n) is 11.4. The van der Waals surface area contributed by atoms with Crippen molar-refractivity contribution in [1.82, 2.24) is 9.97 Å². The molecule has 0 aliphatic heterocycles. The average molecular weight is 332 g/mol. The molecule has 2 N–H and O–H groups in total. The number of nitriles is 2. The molecule has 8 heteroatoms. The molecule has 0 fully saturated rings. The first-order chi connectivity index (χ1) is 10.5. The number of amides is 1. The van der Waals surface area contributed by atoms with E-state index in [1.165, 1.54) is 11.8 Å². The predicted octanol–water partition coefficient (Wildman–Crippen LogP) is 2.93. The lowest BCUT2D eigenvalue weighted by molar-refractivity contribution is -0.115. The van der Waals surface area contributed by atoms with E-state index >= 15 is 0 Å². The number of rotatable bonds is 4. The summed E-state index contributed by atoms with van der Waals surface area (Å²) in [6, 6.07) is 10.8. The van der Waals surface area contributed by atoms with Crippen molar-refractivity contribution in [1.29, 1.82) is 10.5 Å². The second-order valence-corrected chi connectivity index (χ2v) is 6.00. The largest absolute Gasteiger partial charge is 0.314 e. The summed E-state index contributed by atoms with van der Waals surface area (Å²) in [5.74, 6) is -0.239. The molecule has 0 aliphatic rings. The molecule has 110 valence electrons. The van der Waals surface area contributed by atoms with Crippen LogP contribution in [0.15, 0.2) is 29.2 Å². The minimum Gasteiger partial charge on any atom is -0.314 e. The first-order valence-electron chi connectivity index (χ1n) is 6.17. The molecule has 0 aliphatic carbocycles. The van der Waals surface area contributed by atoms with Crippen molar-refractivity contribution >= 4 is 35.2 Å². The fraction of sp³-hybridized carbons (Fsp3) is 0.143. The van der Waals surface area contributed by atoms with E-state index in [0.717, 1.165) is 4.90 Å². The van der Waals surface area contributed by atoms with Crippen molar-refractivity contribution < 1.29 is 4.79 Å². The molecule has 0 saturated heterocycles. The maximum atomic E-state index is 12.1. The van der Waals surface area contributed by atoms with Gasteiger partial charge in [-0.05, 0) is 19.1 Å². The smallest absolute Gasteiger partial charge is 0.239 e. The lowest BCUT2D eigenvalue weighted by Crippen LogP contribution is -2.23. The zero-order valence-corrected chi connectivity index (χ0v) is 13.0. The number of hydrogen-bond donors (Lipinski definition) is 2. The van der Waals surface area contributed by atoms with Gasteiger partial charge in [-0.15, -0.1) is 11.8 Å². The van der Waals surface area contributed by atoms with E-state index in [1.54, 1.807) is 25.1 Å². The van der Waals surface area contributed by atoms with Crippen LogP contribution in [0.2, 0.25) is 5.02 Å². The van der Waals surface area contributed by atoms with Gasteiger partial charge in [-0.3, -0.25) is 10.1 Å². The Balaban J connectivity index is 2.06. The Kier molecular flexibility index (Phi) is 5.05. The summed E-state index contributed by atoms with van der Waals surface area (Å²) in [6.45, 7) is 1.72. The van der Waals surface area contributed by atoms with Gasteiger partial charge in [-0.25, -0.2) is 4.98 Å². The minimum absolute atomic E-state index is 0.0178. The molecule has 1 aromatic heterocycles. The Morgan fingerprint density at radius 1 is 1.41 bits per heavy atom. The van der Waals surface area contributed by atoms with Crippen LogP contribution in [0.5, 0.6) is 0 Å². The van der Waals surface area contributed by atoms with Gasteiger partial charge in [0.25, 0.3) is 0 Å². The van der Waals surface area contributed by atoms with Gasteiger partial charge < -0.3 is 4.98 Å². The van der Waals surface area contributed by atoms with Crippen molar-refractivity contribution in [2.75, 3.05) is 5.32 Å². The number of thioether (sulfide) groups is 1. The number of carbonyl (C=O) groups is 1. The quantitative estimate of drug-likeness (QED) is 0.838. The molecule has 6 nitrogen and oxygen atoms in total. The van der Waals surface area contributed by atoms with E-state index < -0.39 is 5.25 Å². The molecule has 1 unspecified atom stereocenters. The van der Waals surface area contributed by atoms with Crippen molar-refractivity contribution in [3.05, 3.63) is 40.7 Å². The molecular weight excluding hydrogens is 322 g/mol. The van der Waals surface area contributed by atoms with E-state index in [0.29, 0.717) is 5.02 Å². The first kappa shape index (κ1) is 15.9. The second-order valence-electron chi connectivity index (χ2n) is 4.21. The van der Waals surface area contributed by atoms with Crippen molar-refractivity contribution in [2.45, 2.75) is 17.1 Å². The van der Waals surface area contributed by atoms with Crippen LogP contribution < -0.4 is 5.32 Å². The monoisotopic (exact) mass is 331 g/mol. The third-order valence-electron chi connectivity index (χ3n) is 2.67. The molecule has 0 spiro atoms. The number of anilines is 1. The molecule has 2 aromatic rings. The van der Waals surface area contributed by atoms with Crippen LogP contribution in [0.4, 0.5) is 5.95 Å². The molecule has 1 amide bonds. The minimum atomic E-state index is -0.430. The Morgan fingerprint density at radius 2 is 2.14 bits per heavy atom. The SMILES string of the molecule is CC(Sc1ccccc1Cl)C(=O)Nc1nc(C#N)c(C#N)[nH]1. The fourth-order valence-electron chi connectivity index (χ4n) is 1.60. The van der Waals surface area contributed by atoms with Gasteiger partial charge in [-0.2, -0.15) is 10.5 Å². The highest BCUT2D eigenvalue weighted by atomic mass is 35.5. The Bertz CT molecular complexity index is 758. The number of carbonyl (C=O) groups excluding carboxylic acids is 1.